The fraction of sp³-hybridized carbons (Fsp3) is 0.400. The summed E-state index contributed by atoms with van der Waals surface area (Å²) < 4.78 is 5.78. The SMILES string of the molecule is CCCc1ccc(OCC(O)CN2CCC(CN3C(=O)c4cccc5cccc(c45)C3=O)CC2)cc1. The number of β-amino-alcohol motifs (C(OH)–C–C–N with tert-alkyl or cyclic N) is 1. The van der Waals surface area contributed by atoms with Gasteiger partial charge in [-0.15, -0.1) is 0 Å². The lowest BCUT2D eigenvalue weighted by Gasteiger charge is -2.36. The maximum absolute atomic E-state index is 13.2. The molecule has 2 amide bonds. The Hall–Kier alpha value is -3.22. The molecule has 2 heterocycles. The summed E-state index contributed by atoms with van der Waals surface area (Å²) in [4.78, 5) is 30.0. The van der Waals surface area contributed by atoms with Crippen LogP contribution in [0.2, 0.25) is 0 Å². The predicted molar refractivity (Wildman–Crippen MR) is 140 cm³/mol. The van der Waals surface area contributed by atoms with Crippen molar-refractivity contribution in [1.82, 2.24) is 9.80 Å². The van der Waals surface area contributed by atoms with E-state index in [1.54, 1.807) is 0 Å². The largest absolute Gasteiger partial charge is 0.491 e. The van der Waals surface area contributed by atoms with E-state index in [1.165, 1.54) is 10.5 Å². The zero-order chi connectivity index (χ0) is 25.1. The first-order valence-corrected chi connectivity index (χ1v) is 13.0. The minimum Gasteiger partial charge on any atom is -0.491 e. The number of amides is 2. The molecule has 6 heteroatoms. The molecule has 36 heavy (non-hydrogen) atoms. The minimum atomic E-state index is -0.570. The van der Waals surface area contributed by atoms with E-state index >= 15 is 0 Å². The molecule has 0 spiro atoms. The number of piperidine rings is 1. The summed E-state index contributed by atoms with van der Waals surface area (Å²) in [5.74, 6) is 0.651. The van der Waals surface area contributed by atoms with Crippen LogP contribution in [0.1, 0.15) is 52.5 Å². The van der Waals surface area contributed by atoms with E-state index in [0.29, 0.717) is 24.2 Å². The number of hydrogen-bond acceptors (Lipinski definition) is 5. The van der Waals surface area contributed by atoms with Gasteiger partial charge in [-0.25, -0.2) is 0 Å². The first kappa shape index (κ1) is 24.5. The van der Waals surface area contributed by atoms with Gasteiger partial charge in [0, 0.05) is 29.6 Å². The molecular weight excluding hydrogens is 452 g/mol. The highest BCUT2D eigenvalue weighted by Gasteiger charge is 2.34. The number of carbonyl (C=O) groups excluding carboxylic acids is 2. The number of benzene rings is 3. The summed E-state index contributed by atoms with van der Waals surface area (Å²) in [6.07, 6.45) is 3.37. The van der Waals surface area contributed by atoms with Crippen LogP contribution in [0.15, 0.2) is 60.7 Å². The molecule has 0 radical (unpaired) electrons. The Balaban J connectivity index is 1.11. The number of aliphatic hydroxyl groups excluding tert-OH is 1. The molecule has 1 fully saturated rings. The van der Waals surface area contributed by atoms with E-state index in [2.05, 4.69) is 24.0 Å². The predicted octanol–water partition coefficient (Wildman–Crippen LogP) is 4.54. The van der Waals surface area contributed by atoms with Gasteiger partial charge in [0.15, 0.2) is 0 Å². The molecule has 0 saturated carbocycles. The molecule has 2 aliphatic heterocycles. The lowest BCUT2D eigenvalue weighted by molar-refractivity contribution is 0.0453. The van der Waals surface area contributed by atoms with Gasteiger partial charge < -0.3 is 14.7 Å². The number of aryl methyl sites for hydroxylation is 1. The Bertz CT molecular complexity index is 1180. The van der Waals surface area contributed by atoms with Crippen LogP contribution in [0.25, 0.3) is 10.8 Å². The third-order valence-electron chi connectivity index (χ3n) is 7.38. The van der Waals surface area contributed by atoms with Crippen LogP contribution in [0.3, 0.4) is 0 Å². The van der Waals surface area contributed by atoms with Gasteiger partial charge in [0.05, 0.1) is 0 Å². The number of hydrogen-bond donors (Lipinski definition) is 1. The average Bonchev–Trinajstić information content (AvgIpc) is 2.90. The third kappa shape index (κ3) is 5.15. The topological polar surface area (TPSA) is 70.1 Å². The molecule has 5 rings (SSSR count). The first-order valence-electron chi connectivity index (χ1n) is 13.0. The summed E-state index contributed by atoms with van der Waals surface area (Å²) in [7, 11) is 0. The van der Waals surface area contributed by atoms with E-state index in [4.69, 9.17) is 4.74 Å². The van der Waals surface area contributed by atoms with Crippen molar-refractivity contribution in [2.24, 2.45) is 5.92 Å². The molecule has 3 aromatic rings. The molecule has 0 aromatic heterocycles. The summed E-state index contributed by atoms with van der Waals surface area (Å²) in [5, 5.41) is 12.2. The van der Waals surface area contributed by atoms with Crippen LogP contribution in [0.5, 0.6) is 5.75 Å². The van der Waals surface area contributed by atoms with Crippen molar-refractivity contribution in [1.29, 1.82) is 0 Å². The molecule has 1 saturated heterocycles. The molecule has 1 N–H and O–H groups in total. The van der Waals surface area contributed by atoms with Crippen molar-refractivity contribution in [3.63, 3.8) is 0 Å². The van der Waals surface area contributed by atoms with Crippen LogP contribution in [0.4, 0.5) is 0 Å². The van der Waals surface area contributed by atoms with Crippen LogP contribution in [-0.4, -0.2) is 65.6 Å². The van der Waals surface area contributed by atoms with E-state index in [9.17, 15) is 14.7 Å². The average molecular weight is 487 g/mol. The Morgan fingerprint density at radius 1 is 0.944 bits per heavy atom. The maximum atomic E-state index is 13.2. The summed E-state index contributed by atoms with van der Waals surface area (Å²) in [6.45, 7) is 5.07. The lowest BCUT2D eigenvalue weighted by atomic mass is 9.91. The highest BCUT2D eigenvalue weighted by molar-refractivity contribution is 6.25. The molecule has 1 atom stereocenters. The van der Waals surface area contributed by atoms with E-state index < -0.39 is 6.10 Å². The van der Waals surface area contributed by atoms with Crippen molar-refractivity contribution in [2.45, 2.75) is 38.7 Å². The number of nitrogens with zero attached hydrogens (tertiary/aromatic N) is 2. The molecule has 188 valence electrons. The van der Waals surface area contributed by atoms with Crippen molar-refractivity contribution in [3.8, 4) is 5.75 Å². The van der Waals surface area contributed by atoms with E-state index in [0.717, 1.165) is 55.3 Å². The summed E-state index contributed by atoms with van der Waals surface area (Å²) >= 11 is 0. The monoisotopic (exact) mass is 486 g/mol. The van der Waals surface area contributed by atoms with E-state index in [-0.39, 0.29) is 24.3 Å². The van der Waals surface area contributed by atoms with Gasteiger partial charge in [-0.2, -0.15) is 0 Å². The van der Waals surface area contributed by atoms with Gasteiger partial charge in [-0.05, 0) is 73.5 Å². The fourth-order valence-electron chi connectivity index (χ4n) is 5.44. The summed E-state index contributed by atoms with van der Waals surface area (Å²) in [5.41, 5.74) is 2.52. The lowest BCUT2D eigenvalue weighted by Crippen LogP contribution is -2.46. The number of likely N-dealkylation sites (tertiary alicyclic amines) is 1. The summed E-state index contributed by atoms with van der Waals surface area (Å²) in [6, 6.07) is 19.4. The standard InChI is InChI=1S/C30H34N2O4/c1-2-5-21-10-12-25(13-11-21)36-20-24(33)19-31-16-14-22(15-17-31)18-32-29(34)26-8-3-6-23-7-4-9-27(28(23)26)30(32)35/h3-4,6-13,22,24,33H,2,5,14-20H2,1H3. The van der Waals surface area contributed by atoms with Crippen LogP contribution in [-0.2, 0) is 6.42 Å². The van der Waals surface area contributed by atoms with Gasteiger partial charge >= 0.3 is 0 Å². The maximum Gasteiger partial charge on any atom is 0.261 e. The highest BCUT2D eigenvalue weighted by atomic mass is 16.5. The van der Waals surface area contributed by atoms with Crippen molar-refractivity contribution < 1.29 is 19.4 Å². The zero-order valence-corrected chi connectivity index (χ0v) is 20.9. The number of imide groups is 1. The smallest absolute Gasteiger partial charge is 0.261 e. The Morgan fingerprint density at radius 2 is 1.58 bits per heavy atom. The molecule has 6 nitrogen and oxygen atoms in total. The second-order valence-corrected chi connectivity index (χ2v) is 10.0. The molecule has 2 aliphatic rings. The molecule has 1 unspecified atom stereocenters. The van der Waals surface area contributed by atoms with Crippen LogP contribution < -0.4 is 4.74 Å². The second kappa shape index (κ2) is 10.8. The number of aliphatic hydroxyl groups is 1. The highest BCUT2D eigenvalue weighted by Crippen LogP contribution is 2.31. The fourth-order valence-corrected chi connectivity index (χ4v) is 5.44. The van der Waals surface area contributed by atoms with Gasteiger partial charge in [-0.3, -0.25) is 14.5 Å². The molecular formula is C30H34N2O4. The third-order valence-corrected chi connectivity index (χ3v) is 7.38. The number of rotatable bonds is 9. The van der Waals surface area contributed by atoms with Crippen molar-refractivity contribution >= 4 is 22.6 Å². The number of carbonyl (C=O) groups is 2. The quantitative estimate of drug-likeness (QED) is 0.450. The minimum absolute atomic E-state index is 0.193. The zero-order valence-electron chi connectivity index (χ0n) is 20.9. The van der Waals surface area contributed by atoms with Gasteiger partial charge in [0.2, 0.25) is 0 Å². The van der Waals surface area contributed by atoms with Gasteiger partial charge in [0.25, 0.3) is 11.8 Å². The molecule has 3 aromatic carbocycles. The molecule has 0 aliphatic carbocycles. The van der Waals surface area contributed by atoms with Gasteiger partial charge in [-0.1, -0.05) is 49.7 Å². The van der Waals surface area contributed by atoms with Crippen molar-refractivity contribution in [2.75, 3.05) is 32.8 Å². The van der Waals surface area contributed by atoms with Crippen LogP contribution in [0, 0.1) is 5.92 Å². The molecule has 0 bridgehead atoms. The number of ether oxygens (including phenoxy) is 1. The second-order valence-electron chi connectivity index (χ2n) is 10.0. The first-order chi connectivity index (χ1) is 17.5. The Labute approximate surface area is 212 Å². The Kier molecular flexibility index (Phi) is 7.35. The van der Waals surface area contributed by atoms with Gasteiger partial charge in [0.1, 0.15) is 18.5 Å². The Morgan fingerprint density at radius 3 is 2.19 bits per heavy atom. The van der Waals surface area contributed by atoms with Crippen LogP contribution >= 0.6 is 0 Å². The normalized spacial score (nSPS) is 17.6. The van der Waals surface area contributed by atoms with Crippen molar-refractivity contribution in [3.05, 3.63) is 77.4 Å². The van der Waals surface area contributed by atoms with E-state index in [1.807, 2.05) is 48.5 Å².